The summed E-state index contributed by atoms with van der Waals surface area (Å²) in [5.74, 6) is 1.62. The second-order valence-corrected chi connectivity index (χ2v) is 9.68. The number of carbonyl (C=O) groups is 1. The van der Waals surface area contributed by atoms with E-state index in [1.54, 1.807) is 48.7 Å². The molecule has 168 valence electrons. The van der Waals surface area contributed by atoms with Crippen molar-refractivity contribution >= 4 is 32.7 Å². The van der Waals surface area contributed by atoms with Crippen LogP contribution in [0, 0.1) is 6.92 Å². The maximum Gasteiger partial charge on any atom is 0.257 e. The Morgan fingerprint density at radius 2 is 1.88 bits per heavy atom. The fourth-order valence-electron chi connectivity index (χ4n) is 3.56. The molecule has 8 nitrogen and oxygen atoms in total. The smallest absolute Gasteiger partial charge is 0.257 e. The number of benzene rings is 2. The third-order valence-corrected chi connectivity index (χ3v) is 7.31. The first-order valence-electron chi connectivity index (χ1n) is 10.4. The maximum atomic E-state index is 12.8. The van der Waals surface area contributed by atoms with E-state index in [2.05, 4.69) is 10.3 Å². The highest BCUT2D eigenvalue weighted by Gasteiger charge is 2.29. The molecule has 0 unspecified atom stereocenters. The third kappa shape index (κ3) is 4.20. The molecule has 1 saturated heterocycles. The lowest BCUT2D eigenvalue weighted by molar-refractivity contribution is 0.102. The number of hydrogen-bond donors (Lipinski definition) is 1. The molecule has 0 radical (unpaired) electrons. The molecule has 1 aliphatic heterocycles. The van der Waals surface area contributed by atoms with Crippen LogP contribution in [0.1, 0.15) is 22.5 Å². The zero-order valence-corrected chi connectivity index (χ0v) is 18.6. The second kappa shape index (κ2) is 8.34. The summed E-state index contributed by atoms with van der Waals surface area (Å²) in [5.41, 5.74) is 0.850. The number of fused-ring (bicyclic) bond motifs is 1. The van der Waals surface area contributed by atoms with Gasteiger partial charge >= 0.3 is 0 Å². The minimum Gasteiger partial charge on any atom is -0.461 e. The molecule has 1 fully saturated rings. The van der Waals surface area contributed by atoms with Gasteiger partial charge in [-0.25, -0.2) is 13.4 Å². The SMILES string of the molecule is Cc1cc2c(Oc3ccc(S(=O)(=O)N4CCC4)cc3)cc(C(=O)Nc3ccccn3)cc2o1. The number of sulfonamides is 1. The molecule has 3 heterocycles. The van der Waals surface area contributed by atoms with Crippen molar-refractivity contribution in [3.05, 3.63) is 78.2 Å². The van der Waals surface area contributed by atoms with Crippen LogP contribution in [0.4, 0.5) is 5.82 Å². The summed E-state index contributed by atoms with van der Waals surface area (Å²) in [6.07, 6.45) is 2.47. The van der Waals surface area contributed by atoms with Gasteiger partial charge < -0.3 is 14.5 Å². The first kappa shape index (κ1) is 21.2. The first-order chi connectivity index (χ1) is 15.9. The first-order valence-corrected chi connectivity index (χ1v) is 11.9. The minimum atomic E-state index is -3.47. The van der Waals surface area contributed by atoms with Gasteiger partial charge in [0.25, 0.3) is 5.91 Å². The standard InChI is InChI=1S/C24H21N3O5S/c1-16-13-20-21(31-16)14-17(24(28)26-23-5-2-3-10-25-23)15-22(20)32-18-6-8-19(9-7-18)33(29,30)27-11-4-12-27/h2-3,5-10,13-15H,4,11-12H2,1H3,(H,25,26,28). The maximum absolute atomic E-state index is 12.8. The summed E-state index contributed by atoms with van der Waals surface area (Å²) < 4.78 is 38.3. The van der Waals surface area contributed by atoms with Crippen LogP contribution in [0.15, 0.2) is 76.2 Å². The van der Waals surface area contributed by atoms with Crippen molar-refractivity contribution in [1.29, 1.82) is 0 Å². The molecule has 0 saturated carbocycles. The second-order valence-electron chi connectivity index (χ2n) is 7.74. The van der Waals surface area contributed by atoms with E-state index < -0.39 is 10.0 Å². The molecule has 1 aliphatic rings. The Balaban J connectivity index is 1.44. The number of ether oxygens (including phenoxy) is 1. The van der Waals surface area contributed by atoms with Crippen LogP contribution < -0.4 is 10.1 Å². The Hall–Kier alpha value is -3.69. The quantitative estimate of drug-likeness (QED) is 0.449. The molecule has 0 spiro atoms. The lowest BCUT2D eigenvalue weighted by Crippen LogP contribution is -2.41. The number of pyridine rings is 1. The van der Waals surface area contributed by atoms with Gasteiger partial charge in [0, 0.05) is 24.8 Å². The van der Waals surface area contributed by atoms with Gasteiger partial charge in [0.2, 0.25) is 10.0 Å². The number of rotatable bonds is 6. The zero-order chi connectivity index (χ0) is 23.0. The molecular formula is C24H21N3O5S. The Morgan fingerprint density at radius 3 is 2.55 bits per heavy atom. The van der Waals surface area contributed by atoms with Crippen LogP contribution in [-0.4, -0.2) is 36.7 Å². The van der Waals surface area contributed by atoms with E-state index >= 15 is 0 Å². The highest BCUT2D eigenvalue weighted by molar-refractivity contribution is 7.89. The number of amides is 1. The van der Waals surface area contributed by atoms with Crippen LogP contribution in [0.3, 0.4) is 0 Å². The van der Waals surface area contributed by atoms with Gasteiger partial charge in [0.15, 0.2) is 0 Å². The van der Waals surface area contributed by atoms with Crippen LogP contribution in [0.2, 0.25) is 0 Å². The normalized spacial score (nSPS) is 14.1. The van der Waals surface area contributed by atoms with E-state index in [1.165, 1.54) is 16.4 Å². The molecule has 0 bridgehead atoms. The molecule has 2 aromatic heterocycles. The number of nitrogens with zero attached hydrogens (tertiary/aromatic N) is 2. The van der Waals surface area contributed by atoms with Crippen LogP contribution >= 0.6 is 0 Å². The van der Waals surface area contributed by atoms with Crippen LogP contribution in [0.25, 0.3) is 11.0 Å². The number of hydrogen-bond acceptors (Lipinski definition) is 6. The number of carbonyl (C=O) groups excluding carboxylic acids is 1. The molecular weight excluding hydrogens is 442 g/mol. The molecule has 0 atom stereocenters. The van der Waals surface area contributed by atoms with Gasteiger partial charge in [-0.2, -0.15) is 4.31 Å². The van der Waals surface area contributed by atoms with Gasteiger partial charge in [0.05, 0.1) is 10.3 Å². The minimum absolute atomic E-state index is 0.224. The van der Waals surface area contributed by atoms with E-state index in [4.69, 9.17) is 9.15 Å². The summed E-state index contributed by atoms with van der Waals surface area (Å²) >= 11 is 0. The Bertz CT molecular complexity index is 1430. The topological polar surface area (TPSA) is 102 Å². The summed E-state index contributed by atoms with van der Waals surface area (Å²) in [7, 11) is -3.47. The molecule has 4 aromatic rings. The van der Waals surface area contributed by atoms with Crippen molar-refractivity contribution < 1.29 is 22.4 Å². The van der Waals surface area contributed by atoms with E-state index in [-0.39, 0.29) is 10.8 Å². The largest absolute Gasteiger partial charge is 0.461 e. The predicted octanol–water partition coefficient (Wildman–Crippen LogP) is 4.58. The van der Waals surface area contributed by atoms with Crippen LogP contribution in [-0.2, 0) is 10.0 Å². The van der Waals surface area contributed by atoms with E-state index in [0.29, 0.717) is 52.7 Å². The van der Waals surface area contributed by atoms with Crippen LogP contribution in [0.5, 0.6) is 11.5 Å². The summed E-state index contributed by atoms with van der Waals surface area (Å²) in [5, 5.41) is 3.46. The van der Waals surface area contributed by atoms with Crippen molar-refractivity contribution in [3.63, 3.8) is 0 Å². The number of furan rings is 1. The number of anilines is 1. The average Bonchev–Trinajstić information content (AvgIpc) is 3.14. The Labute approximate surface area is 190 Å². The molecule has 1 N–H and O–H groups in total. The van der Waals surface area contributed by atoms with Gasteiger partial charge in [0.1, 0.15) is 28.7 Å². The fourth-order valence-corrected chi connectivity index (χ4v) is 5.07. The van der Waals surface area contributed by atoms with E-state index in [0.717, 1.165) is 6.42 Å². The number of aromatic nitrogens is 1. The monoisotopic (exact) mass is 463 g/mol. The van der Waals surface area contributed by atoms with Crippen molar-refractivity contribution in [2.45, 2.75) is 18.2 Å². The summed E-state index contributed by atoms with van der Waals surface area (Å²) in [6, 6.07) is 16.6. The molecule has 5 rings (SSSR count). The van der Waals surface area contributed by atoms with E-state index in [1.807, 2.05) is 13.0 Å². The molecule has 2 aromatic carbocycles. The third-order valence-electron chi connectivity index (χ3n) is 5.40. The lowest BCUT2D eigenvalue weighted by Gasteiger charge is -2.29. The van der Waals surface area contributed by atoms with Crippen molar-refractivity contribution in [2.75, 3.05) is 18.4 Å². The molecule has 9 heteroatoms. The van der Waals surface area contributed by atoms with Gasteiger partial charge in [-0.15, -0.1) is 0 Å². The fraction of sp³-hybridized carbons (Fsp3) is 0.167. The number of aryl methyl sites for hydroxylation is 1. The Morgan fingerprint density at radius 1 is 1.09 bits per heavy atom. The average molecular weight is 464 g/mol. The number of nitrogens with one attached hydrogen (secondary N) is 1. The van der Waals surface area contributed by atoms with E-state index in [9.17, 15) is 13.2 Å². The summed E-state index contributed by atoms with van der Waals surface area (Å²) in [4.78, 5) is 17.1. The summed E-state index contributed by atoms with van der Waals surface area (Å²) in [6.45, 7) is 2.91. The van der Waals surface area contributed by atoms with Crippen molar-refractivity contribution in [1.82, 2.24) is 9.29 Å². The van der Waals surface area contributed by atoms with Gasteiger partial charge in [-0.3, -0.25) is 4.79 Å². The van der Waals surface area contributed by atoms with Crippen molar-refractivity contribution in [3.8, 4) is 11.5 Å². The predicted molar refractivity (Wildman–Crippen MR) is 123 cm³/mol. The van der Waals surface area contributed by atoms with Gasteiger partial charge in [-0.05, 0) is 67.9 Å². The molecule has 1 amide bonds. The zero-order valence-electron chi connectivity index (χ0n) is 17.8. The molecule has 33 heavy (non-hydrogen) atoms. The highest BCUT2D eigenvalue weighted by Crippen LogP contribution is 2.34. The highest BCUT2D eigenvalue weighted by atomic mass is 32.2. The lowest BCUT2D eigenvalue weighted by atomic mass is 10.1. The van der Waals surface area contributed by atoms with Crippen molar-refractivity contribution in [2.24, 2.45) is 0 Å². The Kier molecular flexibility index (Phi) is 5.35. The van der Waals surface area contributed by atoms with Gasteiger partial charge in [-0.1, -0.05) is 6.07 Å². The molecule has 0 aliphatic carbocycles.